The minimum absolute atomic E-state index is 0.0674. The van der Waals surface area contributed by atoms with Crippen LogP contribution in [0.3, 0.4) is 0 Å². The molecule has 1 saturated heterocycles. The number of benzene rings is 3. The summed E-state index contributed by atoms with van der Waals surface area (Å²) in [7, 11) is 3.86. The van der Waals surface area contributed by atoms with Crippen LogP contribution in [-0.4, -0.2) is 60.2 Å². The average Bonchev–Trinajstić information content (AvgIpc) is 3.61. The fourth-order valence-corrected chi connectivity index (χ4v) is 4.77. The first-order valence-electron chi connectivity index (χ1n) is 12.9. The van der Waals surface area contributed by atoms with Gasteiger partial charge < -0.3 is 15.0 Å². The highest BCUT2D eigenvalue weighted by Gasteiger charge is 2.34. The SMILES string of the molecule is CN(C)c1ccc([C@@H](C(=O)NC[C@@H]2CCCO2)N(C(=O)Cn2nnc3ccccc32)c2ccc(F)cc2)cc1. The van der Waals surface area contributed by atoms with Crippen molar-refractivity contribution in [2.24, 2.45) is 0 Å². The van der Waals surface area contributed by atoms with Crippen LogP contribution in [0.1, 0.15) is 24.4 Å². The number of nitrogens with zero attached hydrogens (tertiary/aromatic N) is 5. The third-order valence-corrected chi connectivity index (χ3v) is 6.84. The van der Waals surface area contributed by atoms with E-state index >= 15 is 0 Å². The molecule has 1 aliphatic rings. The molecule has 0 unspecified atom stereocenters. The van der Waals surface area contributed by atoms with E-state index in [1.54, 1.807) is 0 Å². The lowest BCUT2D eigenvalue weighted by Crippen LogP contribution is -2.46. The number of hydrogen-bond donors (Lipinski definition) is 1. The van der Waals surface area contributed by atoms with Crippen LogP contribution >= 0.6 is 0 Å². The van der Waals surface area contributed by atoms with Crippen molar-refractivity contribution in [1.82, 2.24) is 20.3 Å². The van der Waals surface area contributed by atoms with Crippen LogP contribution in [0, 0.1) is 5.82 Å². The summed E-state index contributed by atoms with van der Waals surface area (Å²) < 4.78 is 21.1. The van der Waals surface area contributed by atoms with Crippen LogP contribution in [0.15, 0.2) is 72.8 Å². The molecule has 2 heterocycles. The van der Waals surface area contributed by atoms with Crippen LogP contribution in [0.2, 0.25) is 0 Å². The molecule has 9 nitrogen and oxygen atoms in total. The van der Waals surface area contributed by atoms with Gasteiger partial charge in [0.1, 0.15) is 23.9 Å². The van der Waals surface area contributed by atoms with Gasteiger partial charge in [0.15, 0.2) is 0 Å². The molecule has 1 N–H and O–H groups in total. The quantitative estimate of drug-likeness (QED) is 0.355. The summed E-state index contributed by atoms with van der Waals surface area (Å²) in [5.74, 6) is -1.20. The van der Waals surface area contributed by atoms with E-state index in [0.717, 1.165) is 18.5 Å². The smallest absolute Gasteiger partial charge is 0.249 e. The lowest BCUT2D eigenvalue weighted by Gasteiger charge is -2.32. The zero-order chi connectivity index (χ0) is 27.4. The van der Waals surface area contributed by atoms with E-state index in [0.29, 0.717) is 35.4 Å². The Balaban J connectivity index is 1.54. The number of carbonyl (C=O) groups excluding carboxylic acids is 2. The van der Waals surface area contributed by atoms with Gasteiger partial charge in [-0.3, -0.25) is 14.5 Å². The second-order valence-corrected chi connectivity index (χ2v) is 9.74. The molecule has 0 radical (unpaired) electrons. The van der Waals surface area contributed by atoms with E-state index in [2.05, 4.69) is 15.6 Å². The van der Waals surface area contributed by atoms with Gasteiger partial charge in [-0.1, -0.05) is 29.5 Å². The van der Waals surface area contributed by atoms with Crippen LogP contribution in [0.4, 0.5) is 15.8 Å². The summed E-state index contributed by atoms with van der Waals surface area (Å²) in [5.41, 5.74) is 3.31. The van der Waals surface area contributed by atoms with Gasteiger partial charge in [-0.2, -0.15) is 0 Å². The molecule has 10 heteroatoms. The van der Waals surface area contributed by atoms with E-state index < -0.39 is 17.8 Å². The standard InChI is InChI=1S/C29H31FN6O3/c1-34(2)22-13-9-20(10-14-22)28(29(38)31-18-24-6-5-17-39-24)36(23-15-11-21(30)12-16-23)27(37)19-35-26-8-4-3-7-25(26)32-33-35/h3-4,7-16,24,28H,5-6,17-19H2,1-2H3,(H,31,38)/t24-,28-/m0/s1. The Morgan fingerprint density at radius 1 is 1.05 bits per heavy atom. The monoisotopic (exact) mass is 530 g/mol. The Hall–Kier alpha value is -4.31. The first kappa shape index (κ1) is 26.3. The number of hydrogen-bond acceptors (Lipinski definition) is 6. The highest BCUT2D eigenvalue weighted by Crippen LogP contribution is 2.30. The summed E-state index contributed by atoms with van der Waals surface area (Å²) in [5, 5.41) is 11.3. The zero-order valence-electron chi connectivity index (χ0n) is 22.0. The van der Waals surface area contributed by atoms with Crippen molar-refractivity contribution in [3.63, 3.8) is 0 Å². The number of halogens is 1. The molecule has 0 bridgehead atoms. The van der Waals surface area contributed by atoms with E-state index in [1.807, 2.05) is 67.5 Å². The minimum Gasteiger partial charge on any atom is -0.378 e. The van der Waals surface area contributed by atoms with Crippen molar-refractivity contribution >= 4 is 34.2 Å². The molecule has 0 saturated carbocycles. The van der Waals surface area contributed by atoms with E-state index in [1.165, 1.54) is 33.8 Å². The molecule has 202 valence electrons. The molecule has 1 aromatic heterocycles. The first-order chi connectivity index (χ1) is 18.9. The van der Waals surface area contributed by atoms with Crippen molar-refractivity contribution in [2.75, 3.05) is 37.0 Å². The Kier molecular flexibility index (Phi) is 7.83. The third-order valence-electron chi connectivity index (χ3n) is 6.84. The number of carbonyl (C=O) groups is 2. The van der Waals surface area contributed by atoms with Gasteiger partial charge in [0.2, 0.25) is 11.8 Å². The molecule has 2 atom stereocenters. The topological polar surface area (TPSA) is 92.6 Å². The van der Waals surface area contributed by atoms with Crippen LogP contribution in [0.25, 0.3) is 11.0 Å². The van der Waals surface area contributed by atoms with E-state index in [-0.39, 0.29) is 18.6 Å². The summed E-state index contributed by atoms with van der Waals surface area (Å²) in [6.07, 6.45) is 1.74. The first-order valence-corrected chi connectivity index (χ1v) is 12.9. The largest absolute Gasteiger partial charge is 0.378 e. The Labute approximate surface area is 226 Å². The number of ether oxygens (including phenoxy) is 1. The summed E-state index contributed by atoms with van der Waals surface area (Å²) in [6, 6.07) is 19.3. The minimum atomic E-state index is -1.02. The van der Waals surface area contributed by atoms with Crippen LogP contribution in [-0.2, 0) is 20.9 Å². The molecule has 0 spiro atoms. The summed E-state index contributed by atoms with van der Waals surface area (Å²) in [4.78, 5) is 31.2. The molecular formula is C29H31FN6O3. The average molecular weight is 531 g/mol. The molecule has 3 aromatic carbocycles. The molecule has 1 aliphatic heterocycles. The molecule has 5 rings (SSSR count). The van der Waals surface area contributed by atoms with Gasteiger partial charge in [0, 0.05) is 38.6 Å². The second-order valence-electron chi connectivity index (χ2n) is 9.74. The fraction of sp³-hybridized carbons (Fsp3) is 0.310. The van der Waals surface area contributed by atoms with Gasteiger partial charge in [-0.05, 0) is 66.9 Å². The molecule has 2 amide bonds. The number of para-hydroxylation sites is 1. The molecule has 1 fully saturated rings. The van der Waals surface area contributed by atoms with Gasteiger partial charge in [0.05, 0.1) is 11.6 Å². The van der Waals surface area contributed by atoms with Crippen molar-refractivity contribution in [2.45, 2.75) is 31.5 Å². The molecule has 4 aromatic rings. The molecule has 0 aliphatic carbocycles. The lowest BCUT2D eigenvalue weighted by molar-refractivity contribution is -0.127. The van der Waals surface area contributed by atoms with Crippen LogP contribution < -0.4 is 15.1 Å². The second kappa shape index (κ2) is 11.6. The van der Waals surface area contributed by atoms with Gasteiger partial charge >= 0.3 is 0 Å². The van der Waals surface area contributed by atoms with E-state index in [9.17, 15) is 14.0 Å². The summed E-state index contributed by atoms with van der Waals surface area (Å²) in [6.45, 7) is 0.843. The maximum absolute atomic E-state index is 14.0. The van der Waals surface area contributed by atoms with Gasteiger partial charge in [0.25, 0.3) is 0 Å². The van der Waals surface area contributed by atoms with Crippen molar-refractivity contribution in [3.05, 3.63) is 84.2 Å². The zero-order valence-corrected chi connectivity index (χ0v) is 22.0. The number of fused-ring (bicyclic) bond motifs is 1. The van der Waals surface area contributed by atoms with Crippen molar-refractivity contribution < 1.29 is 18.7 Å². The highest BCUT2D eigenvalue weighted by molar-refractivity contribution is 6.01. The molecule has 39 heavy (non-hydrogen) atoms. The predicted octanol–water partition coefficient (Wildman–Crippen LogP) is 3.71. The summed E-state index contributed by atoms with van der Waals surface area (Å²) >= 11 is 0. The number of nitrogens with one attached hydrogen (secondary N) is 1. The molecular weight excluding hydrogens is 499 g/mol. The fourth-order valence-electron chi connectivity index (χ4n) is 4.77. The number of aromatic nitrogens is 3. The van der Waals surface area contributed by atoms with E-state index in [4.69, 9.17) is 4.74 Å². The third kappa shape index (κ3) is 5.91. The number of anilines is 2. The van der Waals surface area contributed by atoms with Gasteiger partial charge in [-0.15, -0.1) is 5.10 Å². The van der Waals surface area contributed by atoms with Gasteiger partial charge in [-0.25, -0.2) is 9.07 Å². The highest BCUT2D eigenvalue weighted by atomic mass is 19.1. The number of amides is 2. The maximum atomic E-state index is 14.0. The maximum Gasteiger partial charge on any atom is 0.249 e. The van der Waals surface area contributed by atoms with Crippen molar-refractivity contribution in [3.8, 4) is 0 Å². The Bertz CT molecular complexity index is 1430. The van der Waals surface area contributed by atoms with Crippen molar-refractivity contribution in [1.29, 1.82) is 0 Å². The Morgan fingerprint density at radius 2 is 1.77 bits per heavy atom. The van der Waals surface area contributed by atoms with Crippen LogP contribution in [0.5, 0.6) is 0 Å². The normalized spacial score (nSPS) is 15.7. The number of rotatable bonds is 9. The predicted molar refractivity (Wildman–Crippen MR) is 147 cm³/mol. The Morgan fingerprint density at radius 3 is 2.46 bits per heavy atom. The lowest BCUT2D eigenvalue weighted by atomic mass is 10.0.